The van der Waals surface area contributed by atoms with Crippen LogP contribution in [0.4, 0.5) is 34.1 Å². The third-order valence-corrected chi connectivity index (χ3v) is 15.6. The first-order valence-corrected chi connectivity index (χ1v) is 25.3. The number of hydrogen-bond acceptors (Lipinski definition) is 4. The van der Waals surface area contributed by atoms with Crippen LogP contribution in [-0.4, -0.2) is 0 Å². The van der Waals surface area contributed by atoms with Crippen LogP contribution in [0.15, 0.2) is 245 Å². The lowest BCUT2D eigenvalue weighted by molar-refractivity contribution is 0.641. The fourth-order valence-corrected chi connectivity index (χ4v) is 11.3. The molecule has 4 nitrogen and oxygen atoms in total. The second kappa shape index (κ2) is 17.2. The molecule has 0 bridgehead atoms. The highest BCUT2D eigenvalue weighted by Crippen LogP contribution is 2.45. The molecule has 4 heteroatoms. The summed E-state index contributed by atoms with van der Waals surface area (Å²) in [4.78, 5) is 4.67. The van der Waals surface area contributed by atoms with Gasteiger partial charge in [0.05, 0.1) is 0 Å². The highest BCUT2D eigenvalue weighted by atomic mass is 16.3. The molecule has 2 aromatic heterocycles. The summed E-state index contributed by atoms with van der Waals surface area (Å²) in [5.41, 5.74) is 15.9. The SMILES string of the molecule is Cc1c2c(cc3oc4cc5cc(N(c6ccccc6)c6ccc(C(C)(C)c7ccccc7)cc6)ccc5cc4c13)oc1cc3cc(N(c4ccccc4)c4ccc(C(C)(C)c5ccccc5)cc4)ccc3cc12. The molecule has 0 amide bonds. The molecule has 352 valence electrons. The third-order valence-electron chi connectivity index (χ3n) is 15.6. The van der Waals surface area contributed by atoms with Crippen LogP contribution < -0.4 is 9.80 Å². The van der Waals surface area contributed by atoms with E-state index in [1.807, 2.05) is 0 Å². The molecule has 0 unspecified atom stereocenters. The van der Waals surface area contributed by atoms with Crippen molar-refractivity contribution in [3.63, 3.8) is 0 Å². The summed E-state index contributed by atoms with van der Waals surface area (Å²) < 4.78 is 13.5. The summed E-state index contributed by atoms with van der Waals surface area (Å²) in [7, 11) is 0. The van der Waals surface area contributed by atoms with Crippen molar-refractivity contribution in [2.75, 3.05) is 9.80 Å². The monoisotopic (exact) mass is 942 g/mol. The Kier molecular flexibility index (Phi) is 10.4. The number of benzene rings is 11. The van der Waals surface area contributed by atoms with Crippen LogP contribution in [0.25, 0.3) is 65.4 Å². The van der Waals surface area contributed by atoms with Crippen molar-refractivity contribution in [3.8, 4) is 0 Å². The molecule has 2 heterocycles. The summed E-state index contributed by atoms with van der Waals surface area (Å²) in [6.45, 7) is 11.4. The average Bonchev–Trinajstić information content (AvgIpc) is 3.98. The van der Waals surface area contributed by atoms with Gasteiger partial charge in [-0.25, -0.2) is 0 Å². The number of fused-ring (bicyclic) bond motifs is 8. The Morgan fingerprint density at radius 2 is 0.616 bits per heavy atom. The van der Waals surface area contributed by atoms with Crippen LogP contribution in [0.5, 0.6) is 0 Å². The zero-order valence-corrected chi connectivity index (χ0v) is 41.7. The molecule has 0 fully saturated rings. The Bertz CT molecular complexity index is 3900. The van der Waals surface area contributed by atoms with E-state index in [4.69, 9.17) is 8.83 Å². The quantitative estimate of drug-likeness (QED) is 0.137. The maximum atomic E-state index is 6.77. The smallest absolute Gasteiger partial charge is 0.139 e. The number of aryl methyl sites for hydroxylation is 1. The van der Waals surface area contributed by atoms with Crippen molar-refractivity contribution in [1.29, 1.82) is 0 Å². The number of anilines is 6. The van der Waals surface area contributed by atoms with E-state index in [9.17, 15) is 0 Å². The molecule has 0 spiro atoms. The minimum Gasteiger partial charge on any atom is -0.456 e. The van der Waals surface area contributed by atoms with Crippen molar-refractivity contribution in [2.45, 2.75) is 45.4 Å². The largest absolute Gasteiger partial charge is 0.456 e. The molecule has 0 N–H and O–H groups in total. The van der Waals surface area contributed by atoms with Gasteiger partial charge in [-0.05, 0) is 153 Å². The predicted molar refractivity (Wildman–Crippen MR) is 307 cm³/mol. The summed E-state index contributed by atoms with van der Waals surface area (Å²) in [6.07, 6.45) is 0. The van der Waals surface area contributed by atoms with Crippen molar-refractivity contribution in [2.24, 2.45) is 0 Å². The lowest BCUT2D eigenvalue weighted by Gasteiger charge is -2.29. The van der Waals surface area contributed by atoms with Crippen LogP contribution in [0.1, 0.15) is 55.5 Å². The van der Waals surface area contributed by atoms with Gasteiger partial charge in [0.15, 0.2) is 0 Å². The van der Waals surface area contributed by atoms with E-state index in [0.29, 0.717) is 0 Å². The topological polar surface area (TPSA) is 32.8 Å². The molecule has 13 rings (SSSR count). The first-order chi connectivity index (χ1) is 35.6. The maximum Gasteiger partial charge on any atom is 0.139 e. The molecule has 0 saturated carbocycles. The van der Waals surface area contributed by atoms with Gasteiger partial charge in [0.25, 0.3) is 0 Å². The van der Waals surface area contributed by atoms with Gasteiger partial charge < -0.3 is 18.6 Å². The molecular formula is C69H54N2O2. The van der Waals surface area contributed by atoms with Crippen LogP contribution in [-0.2, 0) is 10.8 Å². The summed E-state index contributed by atoms with van der Waals surface area (Å²) in [5.74, 6) is 0. The molecule has 73 heavy (non-hydrogen) atoms. The van der Waals surface area contributed by atoms with E-state index in [2.05, 4.69) is 281 Å². The minimum atomic E-state index is -0.131. The van der Waals surface area contributed by atoms with Gasteiger partial charge in [-0.3, -0.25) is 0 Å². The first kappa shape index (κ1) is 44.1. The van der Waals surface area contributed by atoms with E-state index < -0.39 is 0 Å². The summed E-state index contributed by atoms with van der Waals surface area (Å²) >= 11 is 0. The van der Waals surface area contributed by atoms with Gasteiger partial charge in [0.2, 0.25) is 0 Å². The van der Waals surface area contributed by atoms with Crippen molar-refractivity contribution < 1.29 is 8.83 Å². The lowest BCUT2D eigenvalue weighted by atomic mass is 9.78. The van der Waals surface area contributed by atoms with Crippen LogP contribution in [0.2, 0.25) is 0 Å². The molecule has 0 aliphatic carbocycles. The van der Waals surface area contributed by atoms with Crippen molar-refractivity contribution in [1.82, 2.24) is 0 Å². The standard InChI is InChI=1S/C69H54N2O2/c1-45-66-60-40-46-26-32-58(70(54-22-14-8-15-23-54)56-34-28-52(29-35-56)68(2,3)50-18-10-6-11-19-50)38-48(46)42-62(60)72-64(66)44-65-67(45)61-41-47-27-33-59(39-49(47)43-63(61)73-65)71(55-24-16-9-17-25-55)57-36-30-53(31-37-57)69(4,5)51-20-12-7-13-21-51/h6-44H,1-5H3. The van der Waals surface area contributed by atoms with Gasteiger partial charge in [-0.15, -0.1) is 0 Å². The van der Waals surface area contributed by atoms with Gasteiger partial charge in [-0.1, -0.05) is 161 Å². The Labute approximate surface area is 426 Å². The Morgan fingerprint density at radius 1 is 0.288 bits per heavy atom. The predicted octanol–water partition coefficient (Wildman–Crippen LogP) is 19.7. The van der Waals surface area contributed by atoms with Gasteiger partial charge in [0.1, 0.15) is 22.3 Å². The normalized spacial score (nSPS) is 12.2. The van der Waals surface area contributed by atoms with E-state index in [1.165, 1.54) is 22.3 Å². The van der Waals surface area contributed by atoms with Gasteiger partial charge >= 0.3 is 0 Å². The van der Waals surface area contributed by atoms with Crippen LogP contribution >= 0.6 is 0 Å². The molecule has 0 radical (unpaired) electrons. The Balaban J connectivity index is 0.858. The number of para-hydroxylation sites is 2. The highest BCUT2D eigenvalue weighted by molar-refractivity contribution is 6.21. The zero-order valence-electron chi connectivity index (χ0n) is 41.7. The maximum absolute atomic E-state index is 6.77. The molecule has 0 atom stereocenters. The second-order valence-corrected chi connectivity index (χ2v) is 20.6. The molecule has 0 aliphatic rings. The summed E-state index contributed by atoms with van der Waals surface area (Å²) in [6, 6.07) is 85.4. The van der Waals surface area contributed by atoms with Crippen molar-refractivity contribution in [3.05, 3.63) is 264 Å². The van der Waals surface area contributed by atoms with Gasteiger partial charge in [0, 0.05) is 72.6 Å². The van der Waals surface area contributed by atoms with E-state index in [0.717, 1.165) is 105 Å². The zero-order chi connectivity index (χ0) is 49.4. The van der Waals surface area contributed by atoms with Crippen molar-refractivity contribution >= 4 is 99.5 Å². The number of hydrogen-bond donors (Lipinski definition) is 0. The van der Waals surface area contributed by atoms with Gasteiger partial charge in [-0.2, -0.15) is 0 Å². The molecule has 0 aliphatic heterocycles. The van der Waals surface area contributed by atoms with E-state index in [1.54, 1.807) is 0 Å². The van der Waals surface area contributed by atoms with Crippen LogP contribution in [0.3, 0.4) is 0 Å². The summed E-state index contributed by atoms with van der Waals surface area (Å²) in [5, 5.41) is 8.97. The lowest BCUT2D eigenvalue weighted by Crippen LogP contribution is -2.19. The van der Waals surface area contributed by atoms with E-state index in [-0.39, 0.29) is 10.8 Å². The van der Waals surface area contributed by atoms with E-state index >= 15 is 0 Å². The first-order valence-electron chi connectivity index (χ1n) is 25.3. The minimum absolute atomic E-state index is 0.131. The number of rotatable bonds is 10. The molecule has 13 aromatic rings. The van der Waals surface area contributed by atoms with Crippen LogP contribution in [0, 0.1) is 6.92 Å². The molecular weight excluding hydrogens is 889 g/mol. The second-order valence-electron chi connectivity index (χ2n) is 20.6. The Hall–Kier alpha value is -8.86. The molecule has 0 saturated heterocycles. The fourth-order valence-electron chi connectivity index (χ4n) is 11.3. The third kappa shape index (κ3) is 7.52. The number of nitrogens with zero attached hydrogens (tertiary/aromatic N) is 2. The molecule has 11 aromatic carbocycles. The highest BCUT2D eigenvalue weighted by Gasteiger charge is 2.26. The fraction of sp³-hybridized carbons (Fsp3) is 0.101. The number of furan rings is 2. The average molecular weight is 943 g/mol. The Morgan fingerprint density at radius 3 is 1.00 bits per heavy atom.